The minimum Gasteiger partial charge on any atom is -0.0648 e. The molecule has 1 aliphatic carbocycles. The van der Waals surface area contributed by atoms with Crippen LogP contribution >= 0.6 is 0 Å². The van der Waals surface area contributed by atoms with Gasteiger partial charge in [0.1, 0.15) is 0 Å². The van der Waals surface area contributed by atoms with Crippen molar-refractivity contribution >= 4 is 0 Å². The van der Waals surface area contributed by atoms with Crippen LogP contribution in [0.5, 0.6) is 0 Å². The van der Waals surface area contributed by atoms with Gasteiger partial charge in [0.15, 0.2) is 0 Å². The standard InChI is InChI=1S/C44H48/c1-4-33(34-19-9-5-10-20-34)29-41(36-23-13-7-14-24-36)43-30-37-25-17-18-28-40(37)42(43)31-38(35-21-11-6-12-22-35)32-44(2,3)39-26-15-8-16-27-39/h5-28,33,38,41-43H,4,29-32H2,1-3H3. The second-order valence-electron chi connectivity index (χ2n) is 13.7. The second kappa shape index (κ2) is 13.8. The molecule has 5 atom stereocenters. The first-order valence-electron chi connectivity index (χ1n) is 16.8. The molecule has 0 aliphatic heterocycles. The molecule has 6 rings (SSSR count). The van der Waals surface area contributed by atoms with Gasteiger partial charge in [0.25, 0.3) is 0 Å². The highest BCUT2D eigenvalue weighted by Gasteiger charge is 2.41. The van der Waals surface area contributed by atoms with E-state index in [2.05, 4.69) is 166 Å². The summed E-state index contributed by atoms with van der Waals surface area (Å²) in [6.07, 6.45) is 5.81. The van der Waals surface area contributed by atoms with E-state index in [4.69, 9.17) is 0 Å². The van der Waals surface area contributed by atoms with E-state index in [-0.39, 0.29) is 5.41 Å². The maximum Gasteiger partial charge on any atom is -0.00977 e. The van der Waals surface area contributed by atoms with E-state index in [1.165, 1.54) is 35.1 Å². The lowest BCUT2D eigenvalue weighted by Gasteiger charge is -2.36. The van der Waals surface area contributed by atoms with Gasteiger partial charge in [-0.3, -0.25) is 0 Å². The minimum absolute atomic E-state index is 0.0782. The summed E-state index contributed by atoms with van der Waals surface area (Å²) in [5.74, 6) is 2.60. The first-order valence-corrected chi connectivity index (χ1v) is 16.8. The fraction of sp³-hybridized carbons (Fsp3) is 0.318. The van der Waals surface area contributed by atoms with Gasteiger partial charge in [-0.2, -0.15) is 0 Å². The van der Waals surface area contributed by atoms with E-state index in [0.29, 0.717) is 29.6 Å². The lowest BCUT2D eigenvalue weighted by atomic mass is 9.67. The van der Waals surface area contributed by atoms with Crippen molar-refractivity contribution in [2.24, 2.45) is 5.92 Å². The molecule has 44 heavy (non-hydrogen) atoms. The fourth-order valence-electron chi connectivity index (χ4n) is 8.25. The summed E-state index contributed by atoms with van der Waals surface area (Å²) < 4.78 is 0. The second-order valence-corrected chi connectivity index (χ2v) is 13.7. The molecule has 5 aromatic carbocycles. The zero-order chi connectivity index (χ0) is 30.4. The Hall–Kier alpha value is -3.90. The molecule has 0 fully saturated rings. The van der Waals surface area contributed by atoms with E-state index < -0.39 is 0 Å². The van der Waals surface area contributed by atoms with Crippen molar-refractivity contribution in [1.29, 1.82) is 0 Å². The predicted octanol–water partition coefficient (Wildman–Crippen LogP) is 11.9. The van der Waals surface area contributed by atoms with Crippen LogP contribution in [0.4, 0.5) is 0 Å². The molecule has 1 aliphatic rings. The van der Waals surface area contributed by atoms with Gasteiger partial charge in [0.2, 0.25) is 0 Å². The quantitative estimate of drug-likeness (QED) is 0.139. The Balaban J connectivity index is 1.39. The fourth-order valence-corrected chi connectivity index (χ4v) is 8.25. The topological polar surface area (TPSA) is 0 Å². The summed E-state index contributed by atoms with van der Waals surface area (Å²) in [5.41, 5.74) is 9.12. The summed E-state index contributed by atoms with van der Waals surface area (Å²) in [5, 5.41) is 0. The molecular weight excluding hydrogens is 528 g/mol. The summed E-state index contributed by atoms with van der Waals surface area (Å²) in [4.78, 5) is 0. The monoisotopic (exact) mass is 576 g/mol. The highest BCUT2D eigenvalue weighted by molar-refractivity contribution is 5.40. The number of hydrogen-bond donors (Lipinski definition) is 0. The molecule has 5 unspecified atom stereocenters. The van der Waals surface area contributed by atoms with Crippen LogP contribution in [0.1, 0.15) is 104 Å². The molecule has 0 saturated carbocycles. The minimum atomic E-state index is 0.0782. The lowest BCUT2D eigenvalue weighted by molar-refractivity contribution is 0.298. The number of fused-ring (bicyclic) bond motifs is 1. The Morgan fingerprint density at radius 2 is 1.09 bits per heavy atom. The summed E-state index contributed by atoms with van der Waals surface area (Å²) >= 11 is 0. The molecule has 0 nitrogen and oxygen atoms in total. The van der Waals surface area contributed by atoms with Gasteiger partial charge < -0.3 is 0 Å². The third-order valence-corrected chi connectivity index (χ3v) is 10.6. The van der Waals surface area contributed by atoms with E-state index >= 15 is 0 Å². The maximum absolute atomic E-state index is 2.45. The Labute approximate surface area is 266 Å². The SMILES string of the molecule is CCC(CC(c1ccccc1)C1Cc2ccccc2C1CC(CC(C)(C)c1ccccc1)c1ccccc1)c1ccccc1. The molecule has 0 heteroatoms. The van der Waals surface area contributed by atoms with Crippen LogP contribution in [0.3, 0.4) is 0 Å². The maximum atomic E-state index is 2.45. The number of rotatable bonds is 12. The Bertz CT molecular complexity index is 1570. The van der Waals surface area contributed by atoms with Crippen molar-refractivity contribution in [3.8, 4) is 0 Å². The molecule has 0 heterocycles. The van der Waals surface area contributed by atoms with Gasteiger partial charge in [-0.1, -0.05) is 166 Å². The number of benzene rings is 5. The molecule has 5 aromatic rings. The molecule has 0 bridgehead atoms. The molecule has 0 spiro atoms. The van der Waals surface area contributed by atoms with Crippen LogP contribution in [-0.4, -0.2) is 0 Å². The molecular formula is C44H48. The van der Waals surface area contributed by atoms with E-state index in [0.717, 1.165) is 19.3 Å². The van der Waals surface area contributed by atoms with Crippen LogP contribution in [-0.2, 0) is 11.8 Å². The highest BCUT2D eigenvalue weighted by Crippen LogP contribution is 2.53. The Kier molecular flexibility index (Phi) is 9.46. The molecule has 0 radical (unpaired) electrons. The first kappa shape index (κ1) is 30.1. The van der Waals surface area contributed by atoms with Crippen molar-refractivity contribution in [2.75, 3.05) is 0 Å². The van der Waals surface area contributed by atoms with Crippen molar-refractivity contribution in [2.45, 2.75) is 82.0 Å². The highest BCUT2D eigenvalue weighted by atomic mass is 14.4. The molecule has 0 N–H and O–H groups in total. The van der Waals surface area contributed by atoms with Gasteiger partial charge in [-0.05, 0) is 100 Å². The van der Waals surface area contributed by atoms with Gasteiger partial charge in [0, 0.05) is 0 Å². The average molecular weight is 577 g/mol. The van der Waals surface area contributed by atoms with Crippen molar-refractivity contribution < 1.29 is 0 Å². The van der Waals surface area contributed by atoms with E-state index in [9.17, 15) is 0 Å². The lowest BCUT2D eigenvalue weighted by Crippen LogP contribution is -2.25. The average Bonchev–Trinajstić information content (AvgIpc) is 3.44. The van der Waals surface area contributed by atoms with Crippen LogP contribution in [0.2, 0.25) is 0 Å². The Morgan fingerprint density at radius 1 is 0.591 bits per heavy atom. The molecule has 0 saturated heterocycles. The zero-order valence-electron chi connectivity index (χ0n) is 26.8. The van der Waals surface area contributed by atoms with Gasteiger partial charge in [-0.25, -0.2) is 0 Å². The van der Waals surface area contributed by atoms with Crippen LogP contribution in [0, 0.1) is 5.92 Å². The van der Waals surface area contributed by atoms with Gasteiger partial charge >= 0.3 is 0 Å². The first-order chi connectivity index (χ1) is 21.5. The summed E-state index contributed by atoms with van der Waals surface area (Å²) in [6, 6.07) is 54.6. The smallest absolute Gasteiger partial charge is 0.00977 e. The molecule has 224 valence electrons. The van der Waals surface area contributed by atoms with Crippen LogP contribution < -0.4 is 0 Å². The summed E-state index contributed by atoms with van der Waals surface area (Å²) in [6.45, 7) is 7.26. The number of hydrogen-bond acceptors (Lipinski definition) is 0. The van der Waals surface area contributed by atoms with E-state index in [1.807, 2.05) is 0 Å². The zero-order valence-corrected chi connectivity index (χ0v) is 26.8. The normalized spacial score (nSPS) is 18.3. The van der Waals surface area contributed by atoms with Crippen LogP contribution in [0.15, 0.2) is 146 Å². The third kappa shape index (κ3) is 6.76. The Morgan fingerprint density at radius 3 is 1.68 bits per heavy atom. The third-order valence-electron chi connectivity index (χ3n) is 10.6. The molecule has 0 aromatic heterocycles. The van der Waals surface area contributed by atoms with E-state index in [1.54, 1.807) is 11.1 Å². The van der Waals surface area contributed by atoms with Crippen molar-refractivity contribution in [1.82, 2.24) is 0 Å². The van der Waals surface area contributed by atoms with Gasteiger partial charge in [0.05, 0.1) is 0 Å². The van der Waals surface area contributed by atoms with Crippen molar-refractivity contribution in [3.63, 3.8) is 0 Å². The summed E-state index contributed by atoms with van der Waals surface area (Å²) in [7, 11) is 0. The van der Waals surface area contributed by atoms with Gasteiger partial charge in [-0.15, -0.1) is 0 Å². The van der Waals surface area contributed by atoms with Crippen LogP contribution in [0.25, 0.3) is 0 Å². The predicted molar refractivity (Wildman–Crippen MR) is 188 cm³/mol. The van der Waals surface area contributed by atoms with Crippen molar-refractivity contribution in [3.05, 3.63) is 179 Å². The largest absolute Gasteiger partial charge is 0.0648 e. The molecule has 0 amide bonds.